The van der Waals surface area contributed by atoms with Crippen LogP contribution in [0.25, 0.3) is 16.8 Å². The number of Topliss-reactive ketones (excluding diaryl/α,β-unsaturated/α-hetero) is 1. The van der Waals surface area contributed by atoms with Gasteiger partial charge in [-0.15, -0.1) is 0 Å². The van der Waals surface area contributed by atoms with Gasteiger partial charge in [0.2, 0.25) is 0 Å². The van der Waals surface area contributed by atoms with Crippen LogP contribution in [-0.4, -0.2) is 43.7 Å². The molecule has 3 aromatic heterocycles. The minimum Gasteiger partial charge on any atom is -0.377 e. The summed E-state index contributed by atoms with van der Waals surface area (Å²) in [5.74, 6) is 0.0767. The number of ether oxygens (including phenoxy) is 1. The van der Waals surface area contributed by atoms with E-state index < -0.39 is 0 Å². The van der Waals surface area contributed by atoms with Crippen molar-refractivity contribution in [2.75, 3.05) is 13.2 Å². The third-order valence-electron chi connectivity index (χ3n) is 5.48. The summed E-state index contributed by atoms with van der Waals surface area (Å²) in [4.78, 5) is 25.8. The number of ketones is 1. The molecular formula is C23H25N5O2. The SMILES string of the molecule is Cc1nn(C(C)C(=O)Cc2ccc(-c3cnccn3)cn2)c(C)c1C1=CCOCC1. The number of aryl methyl sites for hydroxylation is 1. The van der Waals surface area contributed by atoms with E-state index in [0.29, 0.717) is 6.61 Å². The highest BCUT2D eigenvalue weighted by Crippen LogP contribution is 2.29. The lowest BCUT2D eigenvalue weighted by Crippen LogP contribution is -2.21. The summed E-state index contributed by atoms with van der Waals surface area (Å²) < 4.78 is 7.27. The topological polar surface area (TPSA) is 82.8 Å². The van der Waals surface area contributed by atoms with E-state index in [1.165, 1.54) is 5.57 Å². The van der Waals surface area contributed by atoms with Crippen molar-refractivity contribution < 1.29 is 9.53 Å². The summed E-state index contributed by atoms with van der Waals surface area (Å²) in [7, 11) is 0. The van der Waals surface area contributed by atoms with E-state index in [0.717, 1.165) is 46.9 Å². The highest BCUT2D eigenvalue weighted by Gasteiger charge is 2.23. The molecule has 0 bridgehead atoms. The summed E-state index contributed by atoms with van der Waals surface area (Å²) in [6.07, 6.45) is 9.94. The van der Waals surface area contributed by atoms with E-state index in [2.05, 4.69) is 26.1 Å². The van der Waals surface area contributed by atoms with Gasteiger partial charge in [-0.05, 0) is 44.9 Å². The predicted molar refractivity (Wildman–Crippen MR) is 114 cm³/mol. The molecule has 0 saturated carbocycles. The van der Waals surface area contributed by atoms with Crippen LogP contribution in [0.4, 0.5) is 0 Å². The second kappa shape index (κ2) is 8.67. The fraction of sp³-hybridized carbons (Fsp3) is 0.348. The van der Waals surface area contributed by atoms with Crippen LogP contribution in [0.3, 0.4) is 0 Å². The summed E-state index contributed by atoms with van der Waals surface area (Å²) in [5.41, 5.74) is 6.73. The van der Waals surface area contributed by atoms with Gasteiger partial charge in [-0.25, -0.2) is 0 Å². The van der Waals surface area contributed by atoms with Gasteiger partial charge in [0.15, 0.2) is 5.78 Å². The summed E-state index contributed by atoms with van der Waals surface area (Å²) in [6.45, 7) is 7.28. The lowest BCUT2D eigenvalue weighted by molar-refractivity contribution is -0.121. The third kappa shape index (κ3) is 4.07. The van der Waals surface area contributed by atoms with Gasteiger partial charge in [0.1, 0.15) is 6.04 Å². The fourth-order valence-electron chi connectivity index (χ4n) is 3.85. The van der Waals surface area contributed by atoms with Crippen LogP contribution in [0.15, 0.2) is 43.0 Å². The standard InChI is InChI=1S/C23H25N5O2/c1-15-23(18-6-10-30-11-7-18)17(3)28(27-15)16(2)22(29)12-20-5-4-19(13-26-20)21-14-24-8-9-25-21/h4-6,8-9,13-14,16H,7,10-12H2,1-3H3. The summed E-state index contributed by atoms with van der Waals surface area (Å²) >= 11 is 0. The summed E-state index contributed by atoms with van der Waals surface area (Å²) in [5, 5.41) is 4.68. The first kappa shape index (κ1) is 20.1. The molecule has 1 aliphatic heterocycles. The largest absolute Gasteiger partial charge is 0.377 e. The van der Waals surface area contributed by atoms with Gasteiger partial charge in [0.25, 0.3) is 0 Å². The molecule has 1 unspecified atom stereocenters. The maximum absolute atomic E-state index is 13.0. The molecule has 0 amide bonds. The van der Waals surface area contributed by atoms with Crippen LogP contribution in [0.5, 0.6) is 0 Å². The molecule has 4 heterocycles. The van der Waals surface area contributed by atoms with Crippen LogP contribution >= 0.6 is 0 Å². The van der Waals surface area contributed by atoms with E-state index in [-0.39, 0.29) is 18.2 Å². The van der Waals surface area contributed by atoms with Gasteiger partial charge < -0.3 is 4.74 Å². The zero-order valence-electron chi connectivity index (χ0n) is 17.5. The number of carbonyl (C=O) groups is 1. The van der Waals surface area contributed by atoms with Gasteiger partial charge in [0.05, 0.1) is 37.2 Å². The molecule has 1 aliphatic rings. The molecule has 4 rings (SSSR count). The molecule has 0 N–H and O–H groups in total. The zero-order chi connectivity index (χ0) is 21.1. The van der Waals surface area contributed by atoms with Crippen LogP contribution in [-0.2, 0) is 16.0 Å². The van der Waals surface area contributed by atoms with E-state index >= 15 is 0 Å². The molecule has 154 valence electrons. The zero-order valence-corrected chi connectivity index (χ0v) is 17.5. The smallest absolute Gasteiger partial charge is 0.163 e. The molecule has 0 spiro atoms. The highest BCUT2D eigenvalue weighted by atomic mass is 16.5. The Bertz CT molecular complexity index is 1070. The normalized spacial score (nSPS) is 15.0. The third-order valence-corrected chi connectivity index (χ3v) is 5.48. The van der Waals surface area contributed by atoms with Crippen molar-refractivity contribution in [2.24, 2.45) is 0 Å². The van der Waals surface area contributed by atoms with Crippen molar-refractivity contribution in [2.45, 2.75) is 39.7 Å². The van der Waals surface area contributed by atoms with Gasteiger partial charge in [-0.2, -0.15) is 5.10 Å². The number of aromatic nitrogens is 5. The number of rotatable bonds is 6. The summed E-state index contributed by atoms with van der Waals surface area (Å²) in [6, 6.07) is 3.43. The first-order chi connectivity index (χ1) is 14.5. The Labute approximate surface area is 175 Å². The maximum Gasteiger partial charge on any atom is 0.163 e. The molecule has 7 heteroatoms. The average molecular weight is 403 g/mol. The molecule has 0 aliphatic carbocycles. The van der Waals surface area contributed by atoms with E-state index in [9.17, 15) is 4.79 Å². The predicted octanol–water partition coefficient (Wildman–Crippen LogP) is 3.53. The van der Waals surface area contributed by atoms with Crippen molar-refractivity contribution in [3.8, 4) is 11.3 Å². The van der Waals surface area contributed by atoms with Crippen molar-refractivity contribution in [1.29, 1.82) is 0 Å². The minimum absolute atomic E-state index is 0.0767. The first-order valence-electron chi connectivity index (χ1n) is 10.1. The Morgan fingerprint density at radius 1 is 1.20 bits per heavy atom. The number of carbonyl (C=O) groups excluding carboxylic acids is 1. The van der Waals surface area contributed by atoms with Crippen LogP contribution in [0.2, 0.25) is 0 Å². The number of pyridine rings is 1. The quantitative estimate of drug-likeness (QED) is 0.626. The number of nitrogens with zero attached hydrogens (tertiary/aromatic N) is 5. The fourth-order valence-corrected chi connectivity index (χ4v) is 3.85. The van der Waals surface area contributed by atoms with Crippen molar-refractivity contribution >= 4 is 11.4 Å². The molecule has 0 saturated heterocycles. The molecule has 0 aromatic carbocycles. The van der Waals surface area contributed by atoms with Crippen LogP contribution in [0, 0.1) is 13.8 Å². The van der Waals surface area contributed by atoms with E-state index in [4.69, 9.17) is 4.74 Å². The van der Waals surface area contributed by atoms with Crippen molar-refractivity contribution in [3.63, 3.8) is 0 Å². The minimum atomic E-state index is -0.362. The van der Waals surface area contributed by atoms with E-state index in [1.54, 1.807) is 24.8 Å². The van der Waals surface area contributed by atoms with Gasteiger partial charge in [0, 0.05) is 41.1 Å². The van der Waals surface area contributed by atoms with Crippen LogP contribution in [0.1, 0.15) is 42.0 Å². The van der Waals surface area contributed by atoms with Gasteiger partial charge >= 0.3 is 0 Å². The number of hydrogen-bond acceptors (Lipinski definition) is 6. The molecule has 3 aromatic rings. The molecule has 0 radical (unpaired) electrons. The molecular weight excluding hydrogens is 378 g/mol. The Kier molecular flexibility index (Phi) is 5.81. The molecule has 7 nitrogen and oxygen atoms in total. The molecule has 0 fully saturated rings. The second-order valence-corrected chi connectivity index (χ2v) is 7.49. The first-order valence-corrected chi connectivity index (χ1v) is 10.1. The Morgan fingerprint density at radius 2 is 2.07 bits per heavy atom. The Morgan fingerprint density at radius 3 is 2.73 bits per heavy atom. The van der Waals surface area contributed by atoms with E-state index in [1.807, 2.05) is 37.6 Å². The van der Waals surface area contributed by atoms with Crippen molar-refractivity contribution in [1.82, 2.24) is 24.7 Å². The van der Waals surface area contributed by atoms with Crippen LogP contribution < -0.4 is 0 Å². The molecule has 30 heavy (non-hydrogen) atoms. The Hall–Kier alpha value is -3.19. The lowest BCUT2D eigenvalue weighted by atomic mass is 9.99. The van der Waals surface area contributed by atoms with Gasteiger partial charge in [-0.3, -0.25) is 24.4 Å². The van der Waals surface area contributed by atoms with Crippen molar-refractivity contribution in [3.05, 3.63) is 65.6 Å². The highest BCUT2D eigenvalue weighted by molar-refractivity contribution is 5.84. The monoisotopic (exact) mass is 403 g/mol. The lowest BCUT2D eigenvalue weighted by Gasteiger charge is -2.16. The second-order valence-electron chi connectivity index (χ2n) is 7.49. The number of hydrogen-bond donors (Lipinski definition) is 0. The average Bonchev–Trinajstić information content (AvgIpc) is 3.08. The van der Waals surface area contributed by atoms with Gasteiger partial charge in [-0.1, -0.05) is 6.08 Å². The maximum atomic E-state index is 13.0. The Balaban J connectivity index is 1.50. The molecule has 1 atom stereocenters.